The van der Waals surface area contributed by atoms with E-state index in [0.29, 0.717) is 12.0 Å². The molecule has 1 fully saturated rings. The van der Waals surface area contributed by atoms with Crippen LogP contribution < -0.4 is 5.32 Å². The Labute approximate surface area is 84.2 Å². The number of aromatic nitrogens is 3. The number of hydrogen-bond acceptors (Lipinski definition) is 4. The summed E-state index contributed by atoms with van der Waals surface area (Å²) in [5.74, 6) is 1.48. The highest BCUT2D eigenvalue weighted by Gasteiger charge is 2.35. The van der Waals surface area contributed by atoms with Crippen molar-refractivity contribution in [2.24, 2.45) is 5.92 Å². The topological polar surface area (TPSA) is 50.7 Å². The minimum atomic E-state index is 0.573. The quantitative estimate of drug-likeness (QED) is 0.792. The van der Waals surface area contributed by atoms with E-state index in [4.69, 9.17) is 0 Å². The molecule has 76 valence electrons. The first kappa shape index (κ1) is 9.37. The Bertz CT molecular complexity index is 337. The number of aryl methyl sites for hydroxylation is 2. The zero-order chi connectivity index (χ0) is 10.1. The Balaban J connectivity index is 2.00. The average molecular weight is 192 g/mol. The van der Waals surface area contributed by atoms with E-state index in [1.165, 1.54) is 12.8 Å². The van der Waals surface area contributed by atoms with E-state index in [1.54, 1.807) is 0 Å². The summed E-state index contributed by atoms with van der Waals surface area (Å²) in [4.78, 5) is 4.34. The molecule has 4 heteroatoms. The summed E-state index contributed by atoms with van der Waals surface area (Å²) in [5.41, 5.74) is 1.86. The van der Waals surface area contributed by atoms with Crippen LogP contribution >= 0.6 is 0 Å². The van der Waals surface area contributed by atoms with Crippen molar-refractivity contribution in [2.75, 3.05) is 5.32 Å². The molecule has 2 atom stereocenters. The first-order valence-corrected chi connectivity index (χ1v) is 5.15. The molecule has 2 rings (SSSR count). The van der Waals surface area contributed by atoms with Gasteiger partial charge in [-0.2, -0.15) is 5.10 Å². The first-order chi connectivity index (χ1) is 6.70. The monoisotopic (exact) mass is 192 g/mol. The summed E-state index contributed by atoms with van der Waals surface area (Å²) in [6.45, 7) is 6.09. The summed E-state index contributed by atoms with van der Waals surface area (Å²) in [6, 6.07) is 0.573. The van der Waals surface area contributed by atoms with Gasteiger partial charge >= 0.3 is 0 Å². The number of nitrogens with zero attached hydrogens (tertiary/aromatic N) is 3. The molecular formula is C10H16N4. The van der Waals surface area contributed by atoms with Gasteiger partial charge in [-0.05, 0) is 26.2 Å². The van der Waals surface area contributed by atoms with Gasteiger partial charge in [0.1, 0.15) is 0 Å². The van der Waals surface area contributed by atoms with Crippen LogP contribution in [-0.4, -0.2) is 21.2 Å². The Hall–Kier alpha value is -1.19. The third kappa shape index (κ3) is 1.84. The van der Waals surface area contributed by atoms with Crippen molar-refractivity contribution in [3.05, 3.63) is 11.4 Å². The third-order valence-corrected chi connectivity index (χ3v) is 2.85. The maximum Gasteiger partial charge on any atom is 0.243 e. The molecule has 14 heavy (non-hydrogen) atoms. The highest BCUT2D eigenvalue weighted by molar-refractivity contribution is 5.29. The molecule has 1 N–H and O–H groups in total. The second-order valence-electron chi connectivity index (χ2n) is 3.96. The fourth-order valence-corrected chi connectivity index (χ4v) is 1.56. The van der Waals surface area contributed by atoms with Crippen LogP contribution in [0.25, 0.3) is 0 Å². The molecule has 4 nitrogen and oxygen atoms in total. The van der Waals surface area contributed by atoms with Gasteiger partial charge in [-0.15, -0.1) is 5.10 Å². The molecule has 0 spiro atoms. The summed E-state index contributed by atoms with van der Waals surface area (Å²) in [7, 11) is 0. The van der Waals surface area contributed by atoms with Crippen molar-refractivity contribution in [3.8, 4) is 0 Å². The second kappa shape index (κ2) is 3.52. The SMILES string of the molecule is CC[C@@H]1C[C@H]1Nc1nnc(C)c(C)n1. The molecule has 1 aromatic rings. The average Bonchev–Trinajstić information content (AvgIpc) is 2.90. The van der Waals surface area contributed by atoms with Crippen LogP contribution in [0.3, 0.4) is 0 Å². The highest BCUT2D eigenvalue weighted by Crippen LogP contribution is 2.35. The zero-order valence-corrected chi connectivity index (χ0v) is 8.91. The van der Waals surface area contributed by atoms with Crippen molar-refractivity contribution >= 4 is 5.95 Å². The molecule has 0 amide bonds. The van der Waals surface area contributed by atoms with Gasteiger partial charge in [0.25, 0.3) is 0 Å². The fraction of sp³-hybridized carbons (Fsp3) is 0.700. The lowest BCUT2D eigenvalue weighted by atomic mass is 10.3. The summed E-state index contributed by atoms with van der Waals surface area (Å²) < 4.78 is 0. The third-order valence-electron chi connectivity index (χ3n) is 2.85. The lowest BCUT2D eigenvalue weighted by Gasteiger charge is -2.04. The van der Waals surface area contributed by atoms with Crippen LogP contribution in [0.4, 0.5) is 5.95 Å². The summed E-state index contributed by atoms with van der Waals surface area (Å²) in [5, 5.41) is 11.4. The standard InChI is InChI=1S/C10H16N4/c1-4-8-5-9(8)12-10-11-6(2)7(3)13-14-10/h8-9H,4-5H2,1-3H3,(H,11,12,14)/t8-,9-/m1/s1. The summed E-state index contributed by atoms with van der Waals surface area (Å²) in [6.07, 6.45) is 2.47. The molecule has 0 aliphatic heterocycles. The minimum absolute atomic E-state index is 0.573. The highest BCUT2D eigenvalue weighted by atomic mass is 15.3. The van der Waals surface area contributed by atoms with Crippen molar-refractivity contribution < 1.29 is 0 Å². The number of nitrogens with one attached hydrogen (secondary N) is 1. The van der Waals surface area contributed by atoms with E-state index in [0.717, 1.165) is 17.3 Å². The van der Waals surface area contributed by atoms with Crippen molar-refractivity contribution in [1.82, 2.24) is 15.2 Å². The molecule has 0 aromatic carbocycles. The van der Waals surface area contributed by atoms with Crippen LogP contribution in [0, 0.1) is 19.8 Å². The molecule has 1 aliphatic carbocycles. The minimum Gasteiger partial charge on any atom is -0.350 e. The van der Waals surface area contributed by atoms with Gasteiger partial charge < -0.3 is 5.32 Å². The van der Waals surface area contributed by atoms with Crippen LogP contribution in [0.5, 0.6) is 0 Å². The lowest BCUT2D eigenvalue weighted by molar-refractivity contribution is 0.766. The normalized spacial score (nSPS) is 24.8. The maximum absolute atomic E-state index is 4.34. The molecule has 0 bridgehead atoms. The molecule has 1 aliphatic rings. The lowest BCUT2D eigenvalue weighted by Crippen LogP contribution is -2.10. The molecule has 1 heterocycles. The maximum atomic E-state index is 4.34. The van der Waals surface area contributed by atoms with E-state index < -0.39 is 0 Å². The van der Waals surface area contributed by atoms with Gasteiger partial charge in [0, 0.05) is 6.04 Å². The number of anilines is 1. The Kier molecular flexibility index (Phi) is 2.35. The second-order valence-corrected chi connectivity index (χ2v) is 3.96. The van der Waals surface area contributed by atoms with Gasteiger partial charge in [0.15, 0.2) is 0 Å². The molecule has 0 radical (unpaired) electrons. The molecule has 0 unspecified atom stereocenters. The Morgan fingerprint density at radius 1 is 1.29 bits per heavy atom. The van der Waals surface area contributed by atoms with Gasteiger partial charge in [-0.3, -0.25) is 0 Å². The van der Waals surface area contributed by atoms with Crippen LogP contribution in [-0.2, 0) is 0 Å². The van der Waals surface area contributed by atoms with Gasteiger partial charge in [-0.25, -0.2) is 4.98 Å². The van der Waals surface area contributed by atoms with E-state index in [9.17, 15) is 0 Å². The summed E-state index contributed by atoms with van der Waals surface area (Å²) >= 11 is 0. The number of rotatable bonds is 3. The van der Waals surface area contributed by atoms with Crippen molar-refractivity contribution in [1.29, 1.82) is 0 Å². The number of hydrogen-bond donors (Lipinski definition) is 1. The molecule has 1 saturated carbocycles. The van der Waals surface area contributed by atoms with Crippen LogP contribution in [0.15, 0.2) is 0 Å². The predicted molar refractivity (Wildman–Crippen MR) is 55.1 cm³/mol. The first-order valence-electron chi connectivity index (χ1n) is 5.15. The van der Waals surface area contributed by atoms with Crippen LogP contribution in [0.1, 0.15) is 31.2 Å². The van der Waals surface area contributed by atoms with Gasteiger partial charge in [0.2, 0.25) is 5.95 Å². The van der Waals surface area contributed by atoms with E-state index in [-0.39, 0.29) is 0 Å². The van der Waals surface area contributed by atoms with E-state index >= 15 is 0 Å². The van der Waals surface area contributed by atoms with Crippen molar-refractivity contribution in [3.63, 3.8) is 0 Å². The molecular weight excluding hydrogens is 176 g/mol. The zero-order valence-electron chi connectivity index (χ0n) is 8.91. The Morgan fingerprint density at radius 3 is 2.64 bits per heavy atom. The Morgan fingerprint density at radius 2 is 2.07 bits per heavy atom. The van der Waals surface area contributed by atoms with E-state index in [2.05, 4.69) is 27.4 Å². The van der Waals surface area contributed by atoms with Crippen molar-refractivity contribution in [2.45, 2.75) is 39.7 Å². The largest absolute Gasteiger partial charge is 0.350 e. The van der Waals surface area contributed by atoms with Gasteiger partial charge in [0.05, 0.1) is 11.4 Å². The van der Waals surface area contributed by atoms with Gasteiger partial charge in [-0.1, -0.05) is 13.3 Å². The predicted octanol–water partition coefficient (Wildman–Crippen LogP) is 1.70. The molecule has 1 aromatic heterocycles. The van der Waals surface area contributed by atoms with E-state index in [1.807, 2.05) is 13.8 Å². The fourth-order valence-electron chi connectivity index (χ4n) is 1.56. The smallest absolute Gasteiger partial charge is 0.243 e. The van der Waals surface area contributed by atoms with Crippen LogP contribution in [0.2, 0.25) is 0 Å². The molecule has 0 saturated heterocycles.